The molecule has 1 aromatic carbocycles. The van der Waals surface area contributed by atoms with Gasteiger partial charge in [-0.15, -0.1) is 0 Å². The third-order valence-electron chi connectivity index (χ3n) is 3.37. The van der Waals surface area contributed by atoms with Crippen LogP contribution in [0.3, 0.4) is 0 Å². The highest BCUT2D eigenvalue weighted by atomic mass is 16.4. The highest BCUT2D eigenvalue weighted by Gasteiger charge is 2.37. The van der Waals surface area contributed by atoms with Crippen LogP contribution in [0.2, 0.25) is 0 Å². The number of hydrogen-bond donors (Lipinski definition) is 3. The molecule has 1 aromatic rings. The van der Waals surface area contributed by atoms with Gasteiger partial charge in [0.1, 0.15) is 11.5 Å². The quantitative estimate of drug-likeness (QED) is 0.737. The van der Waals surface area contributed by atoms with E-state index in [0.29, 0.717) is 6.54 Å². The first-order valence-corrected chi connectivity index (χ1v) is 5.93. The Morgan fingerprint density at radius 1 is 1.16 bits per heavy atom. The minimum absolute atomic E-state index is 0.118. The number of carboxylic acids is 1. The number of likely N-dealkylation sites (tertiary alicyclic amines) is 1. The fourth-order valence-electron chi connectivity index (χ4n) is 2.36. The summed E-state index contributed by atoms with van der Waals surface area (Å²) in [6, 6.07) is 3.63. The zero-order chi connectivity index (χ0) is 14.2. The molecule has 1 amide bonds. The second-order valence-corrected chi connectivity index (χ2v) is 4.87. The number of benzene rings is 1. The van der Waals surface area contributed by atoms with Crippen molar-refractivity contribution < 1.29 is 24.9 Å². The molecule has 0 spiro atoms. The molecule has 19 heavy (non-hydrogen) atoms. The van der Waals surface area contributed by atoms with E-state index < -0.39 is 11.9 Å². The number of rotatable bonds is 2. The Balaban J connectivity index is 2.19. The van der Waals surface area contributed by atoms with E-state index in [0.717, 1.165) is 6.07 Å². The van der Waals surface area contributed by atoms with Crippen molar-refractivity contribution in [3.05, 3.63) is 23.8 Å². The van der Waals surface area contributed by atoms with Crippen LogP contribution >= 0.6 is 0 Å². The van der Waals surface area contributed by atoms with Crippen LogP contribution in [0.5, 0.6) is 11.5 Å². The monoisotopic (exact) mass is 265 g/mol. The van der Waals surface area contributed by atoms with Crippen LogP contribution in [0, 0.1) is 11.8 Å². The Kier molecular flexibility index (Phi) is 3.33. The third-order valence-corrected chi connectivity index (χ3v) is 3.37. The lowest BCUT2D eigenvalue weighted by atomic mass is 9.99. The highest BCUT2D eigenvalue weighted by Crippen LogP contribution is 2.27. The van der Waals surface area contributed by atoms with E-state index in [2.05, 4.69) is 0 Å². The van der Waals surface area contributed by atoms with E-state index >= 15 is 0 Å². The second-order valence-electron chi connectivity index (χ2n) is 4.87. The molecule has 1 aliphatic heterocycles. The van der Waals surface area contributed by atoms with Gasteiger partial charge in [0.25, 0.3) is 5.91 Å². The summed E-state index contributed by atoms with van der Waals surface area (Å²) in [5, 5.41) is 27.7. The van der Waals surface area contributed by atoms with Gasteiger partial charge in [0.2, 0.25) is 0 Å². The molecule has 0 unspecified atom stereocenters. The molecule has 6 heteroatoms. The molecule has 1 saturated heterocycles. The van der Waals surface area contributed by atoms with Crippen molar-refractivity contribution in [3.63, 3.8) is 0 Å². The molecule has 0 saturated carbocycles. The molecular formula is C13H15NO5. The van der Waals surface area contributed by atoms with E-state index in [9.17, 15) is 19.8 Å². The molecule has 102 valence electrons. The maximum atomic E-state index is 12.2. The minimum atomic E-state index is -0.915. The Bertz CT molecular complexity index is 508. The number of aliphatic carboxylic acids is 1. The Morgan fingerprint density at radius 2 is 1.74 bits per heavy atom. The third kappa shape index (κ3) is 2.62. The van der Waals surface area contributed by atoms with Crippen molar-refractivity contribution in [2.24, 2.45) is 11.8 Å². The molecule has 1 heterocycles. The summed E-state index contributed by atoms with van der Waals surface area (Å²) < 4.78 is 0. The molecule has 0 radical (unpaired) electrons. The van der Waals surface area contributed by atoms with E-state index in [4.69, 9.17) is 5.11 Å². The molecule has 1 fully saturated rings. The van der Waals surface area contributed by atoms with Crippen molar-refractivity contribution in [3.8, 4) is 11.5 Å². The fourth-order valence-corrected chi connectivity index (χ4v) is 2.36. The van der Waals surface area contributed by atoms with Gasteiger partial charge in [0.15, 0.2) is 0 Å². The van der Waals surface area contributed by atoms with E-state index in [1.807, 2.05) is 0 Å². The van der Waals surface area contributed by atoms with Crippen LogP contribution < -0.4 is 0 Å². The number of phenolic OH excluding ortho intramolecular Hbond substituents is 2. The molecule has 0 aliphatic carbocycles. The zero-order valence-corrected chi connectivity index (χ0v) is 10.4. The lowest BCUT2D eigenvalue weighted by Gasteiger charge is -2.16. The van der Waals surface area contributed by atoms with Crippen molar-refractivity contribution >= 4 is 11.9 Å². The maximum absolute atomic E-state index is 12.2. The smallest absolute Gasteiger partial charge is 0.308 e. The van der Waals surface area contributed by atoms with Crippen molar-refractivity contribution in [1.82, 2.24) is 4.90 Å². The number of hydrogen-bond acceptors (Lipinski definition) is 4. The van der Waals surface area contributed by atoms with E-state index in [1.165, 1.54) is 17.0 Å². The molecule has 0 bridgehead atoms. The van der Waals surface area contributed by atoms with Crippen LogP contribution in [0.4, 0.5) is 0 Å². The van der Waals surface area contributed by atoms with Gasteiger partial charge in [-0.05, 0) is 18.1 Å². The number of carboxylic acid groups (broad SMARTS) is 1. The van der Waals surface area contributed by atoms with Gasteiger partial charge in [-0.25, -0.2) is 0 Å². The highest BCUT2D eigenvalue weighted by molar-refractivity contribution is 5.95. The van der Waals surface area contributed by atoms with E-state index in [-0.39, 0.29) is 35.4 Å². The van der Waals surface area contributed by atoms with Gasteiger partial charge in [-0.2, -0.15) is 0 Å². The maximum Gasteiger partial charge on any atom is 0.308 e. The summed E-state index contributed by atoms with van der Waals surface area (Å²) in [5.74, 6) is -2.40. The predicted octanol–water partition coefficient (Wildman–Crippen LogP) is 0.890. The topological polar surface area (TPSA) is 98.1 Å². The molecule has 3 N–H and O–H groups in total. The van der Waals surface area contributed by atoms with Crippen LogP contribution in [-0.4, -0.2) is 45.2 Å². The summed E-state index contributed by atoms with van der Waals surface area (Å²) in [5.41, 5.74) is 0.149. The molecular weight excluding hydrogens is 250 g/mol. The standard InChI is InChI=1S/C13H15NO5/c1-7-5-14(6-11(7)13(18)19)12(17)8-2-9(15)4-10(16)3-8/h2-4,7,11,15-16H,5-6H2,1H3,(H,18,19)/t7-,11-/m1/s1. The SMILES string of the molecule is C[C@@H]1CN(C(=O)c2cc(O)cc(O)c2)C[C@H]1C(=O)O. The summed E-state index contributed by atoms with van der Waals surface area (Å²) in [6.07, 6.45) is 0. The number of aromatic hydroxyl groups is 2. The van der Waals surface area contributed by atoms with Crippen LogP contribution in [0.15, 0.2) is 18.2 Å². The molecule has 2 rings (SSSR count). The number of carbonyl (C=O) groups is 2. The summed E-state index contributed by atoms with van der Waals surface area (Å²) >= 11 is 0. The fraction of sp³-hybridized carbons (Fsp3) is 0.385. The largest absolute Gasteiger partial charge is 0.508 e. The second kappa shape index (κ2) is 4.79. The Labute approximate surface area is 109 Å². The van der Waals surface area contributed by atoms with Crippen LogP contribution in [0.25, 0.3) is 0 Å². The van der Waals surface area contributed by atoms with Gasteiger partial charge in [0, 0.05) is 24.7 Å². The van der Waals surface area contributed by atoms with Crippen LogP contribution in [0.1, 0.15) is 17.3 Å². The number of nitrogens with zero attached hydrogens (tertiary/aromatic N) is 1. The van der Waals surface area contributed by atoms with Gasteiger partial charge >= 0.3 is 5.97 Å². The van der Waals surface area contributed by atoms with Gasteiger partial charge in [0.05, 0.1) is 5.92 Å². The molecule has 0 aromatic heterocycles. The van der Waals surface area contributed by atoms with Gasteiger partial charge < -0.3 is 20.2 Å². The lowest BCUT2D eigenvalue weighted by molar-refractivity contribution is -0.142. The Morgan fingerprint density at radius 3 is 2.21 bits per heavy atom. The summed E-state index contributed by atoms with van der Waals surface area (Å²) in [7, 11) is 0. The average Bonchev–Trinajstić information content (AvgIpc) is 2.69. The van der Waals surface area contributed by atoms with Gasteiger partial charge in [-0.3, -0.25) is 9.59 Å². The summed E-state index contributed by atoms with van der Waals surface area (Å²) in [4.78, 5) is 24.6. The normalized spacial score (nSPS) is 22.5. The summed E-state index contributed by atoms with van der Waals surface area (Å²) in [6.45, 7) is 2.28. The molecule has 1 aliphatic rings. The first-order valence-electron chi connectivity index (χ1n) is 5.93. The predicted molar refractivity (Wildman–Crippen MR) is 66.0 cm³/mol. The van der Waals surface area contributed by atoms with E-state index in [1.54, 1.807) is 6.92 Å². The number of carbonyl (C=O) groups excluding carboxylic acids is 1. The lowest BCUT2D eigenvalue weighted by Crippen LogP contribution is -2.29. The first kappa shape index (κ1) is 13.2. The van der Waals surface area contributed by atoms with Gasteiger partial charge in [-0.1, -0.05) is 6.92 Å². The van der Waals surface area contributed by atoms with Crippen molar-refractivity contribution in [1.29, 1.82) is 0 Å². The molecule has 6 nitrogen and oxygen atoms in total. The van der Waals surface area contributed by atoms with Crippen molar-refractivity contribution in [2.45, 2.75) is 6.92 Å². The number of amides is 1. The van der Waals surface area contributed by atoms with Crippen molar-refractivity contribution in [2.75, 3.05) is 13.1 Å². The minimum Gasteiger partial charge on any atom is -0.508 e. The Hall–Kier alpha value is -2.24. The number of phenols is 2. The zero-order valence-electron chi connectivity index (χ0n) is 10.4. The molecule has 2 atom stereocenters. The average molecular weight is 265 g/mol. The van der Waals surface area contributed by atoms with Crippen LogP contribution in [-0.2, 0) is 4.79 Å². The first-order chi connectivity index (χ1) is 8.88.